The van der Waals surface area contributed by atoms with E-state index in [1.54, 1.807) is 6.92 Å². The standard InChI is InChI=1S/C20H26N4O5/c1-12-8-19(3,4)11-20(9-12)17(26)23(18(27)22-20)10-16(25)21-15-7-14(24(28)29)6-5-13(15)2/h5-7,12H,8-11H2,1-4H3,(H,21,25)(H,22,27). The van der Waals surface area contributed by atoms with Crippen LogP contribution >= 0.6 is 0 Å². The largest absolute Gasteiger partial charge is 0.325 e. The fourth-order valence-corrected chi connectivity index (χ4v) is 4.84. The first-order valence-electron chi connectivity index (χ1n) is 9.61. The normalized spacial score (nSPS) is 25.8. The third kappa shape index (κ3) is 4.08. The summed E-state index contributed by atoms with van der Waals surface area (Å²) in [5.74, 6) is -0.699. The van der Waals surface area contributed by atoms with Crippen molar-refractivity contribution in [2.24, 2.45) is 11.3 Å². The van der Waals surface area contributed by atoms with Crippen molar-refractivity contribution in [3.63, 3.8) is 0 Å². The lowest BCUT2D eigenvalue weighted by molar-refractivity contribution is -0.384. The minimum Gasteiger partial charge on any atom is -0.324 e. The number of hydrogen-bond acceptors (Lipinski definition) is 5. The number of imide groups is 1. The number of urea groups is 1. The minimum atomic E-state index is -0.972. The number of rotatable bonds is 4. The van der Waals surface area contributed by atoms with Crippen LogP contribution in [0.2, 0.25) is 0 Å². The Morgan fingerprint density at radius 1 is 1.34 bits per heavy atom. The average Bonchev–Trinajstić information content (AvgIpc) is 2.78. The summed E-state index contributed by atoms with van der Waals surface area (Å²) >= 11 is 0. The van der Waals surface area contributed by atoms with Gasteiger partial charge in [-0.1, -0.05) is 26.8 Å². The molecule has 2 atom stereocenters. The Kier molecular flexibility index (Phi) is 5.10. The van der Waals surface area contributed by atoms with Crippen molar-refractivity contribution in [3.8, 4) is 0 Å². The van der Waals surface area contributed by atoms with Crippen LogP contribution < -0.4 is 10.6 Å². The summed E-state index contributed by atoms with van der Waals surface area (Å²) in [5.41, 5.74) is -0.309. The molecule has 3 rings (SSSR count). The SMILES string of the molecule is Cc1ccc([N+](=O)[O-])cc1NC(=O)CN1C(=O)NC2(CC(C)CC(C)(C)C2)C1=O. The van der Waals surface area contributed by atoms with Gasteiger partial charge in [0.25, 0.3) is 11.6 Å². The first-order valence-corrected chi connectivity index (χ1v) is 9.61. The van der Waals surface area contributed by atoms with Crippen LogP contribution in [0.3, 0.4) is 0 Å². The molecule has 156 valence electrons. The van der Waals surface area contributed by atoms with Gasteiger partial charge in [-0.2, -0.15) is 0 Å². The summed E-state index contributed by atoms with van der Waals surface area (Å²) in [6, 6.07) is 3.55. The molecular weight excluding hydrogens is 376 g/mol. The topological polar surface area (TPSA) is 122 Å². The molecule has 1 aromatic rings. The predicted molar refractivity (Wildman–Crippen MR) is 106 cm³/mol. The summed E-state index contributed by atoms with van der Waals surface area (Å²) in [6.45, 7) is 7.47. The van der Waals surface area contributed by atoms with Crippen molar-refractivity contribution in [3.05, 3.63) is 33.9 Å². The van der Waals surface area contributed by atoms with Gasteiger partial charge in [0.2, 0.25) is 5.91 Å². The molecule has 1 saturated heterocycles. The second-order valence-corrected chi connectivity index (χ2v) is 9.06. The van der Waals surface area contributed by atoms with Crippen LogP contribution in [-0.2, 0) is 9.59 Å². The van der Waals surface area contributed by atoms with Gasteiger partial charge in [0.05, 0.1) is 10.6 Å². The minimum absolute atomic E-state index is 0.0983. The highest BCUT2D eigenvalue weighted by Gasteiger charge is 2.56. The molecule has 0 bridgehead atoms. The van der Waals surface area contributed by atoms with Crippen LogP contribution in [0.15, 0.2) is 18.2 Å². The highest BCUT2D eigenvalue weighted by atomic mass is 16.6. The van der Waals surface area contributed by atoms with Crippen molar-refractivity contribution in [2.75, 3.05) is 11.9 Å². The maximum atomic E-state index is 13.1. The number of aryl methyl sites for hydroxylation is 1. The van der Waals surface area contributed by atoms with Crippen molar-refractivity contribution >= 4 is 29.2 Å². The highest BCUT2D eigenvalue weighted by Crippen LogP contribution is 2.46. The van der Waals surface area contributed by atoms with Crippen LogP contribution in [0.5, 0.6) is 0 Å². The lowest BCUT2D eigenvalue weighted by atomic mass is 9.64. The van der Waals surface area contributed by atoms with Gasteiger partial charge in [-0.25, -0.2) is 4.79 Å². The van der Waals surface area contributed by atoms with E-state index >= 15 is 0 Å². The molecule has 0 radical (unpaired) electrons. The van der Waals surface area contributed by atoms with Crippen LogP contribution in [0.25, 0.3) is 0 Å². The number of carbonyl (C=O) groups is 3. The van der Waals surface area contributed by atoms with Gasteiger partial charge in [0.15, 0.2) is 0 Å². The van der Waals surface area contributed by atoms with Crippen LogP contribution in [-0.4, -0.2) is 39.8 Å². The molecular formula is C20H26N4O5. The van der Waals surface area contributed by atoms with E-state index in [0.29, 0.717) is 18.4 Å². The number of non-ortho nitro benzene ring substituents is 1. The quantitative estimate of drug-likeness (QED) is 0.455. The average molecular weight is 402 g/mol. The van der Waals surface area contributed by atoms with Gasteiger partial charge in [-0.05, 0) is 43.1 Å². The molecule has 1 spiro atoms. The number of nitrogens with zero attached hydrogens (tertiary/aromatic N) is 2. The molecule has 2 fully saturated rings. The van der Waals surface area contributed by atoms with Gasteiger partial charge in [0, 0.05) is 12.1 Å². The maximum Gasteiger partial charge on any atom is 0.325 e. The van der Waals surface area contributed by atoms with E-state index in [-0.39, 0.29) is 28.6 Å². The van der Waals surface area contributed by atoms with Gasteiger partial charge >= 0.3 is 6.03 Å². The third-order valence-corrected chi connectivity index (χ3v) is 5.63. The van der Waals surface area contributed by atoms with E-state index in [0.717, 1.165) is 11.3 Å². The monoisotopic (exact) mass is 402 g/mol. The molecule has 4 amide bonds. The Bertz CT molecular complexity index is 897. The lowest BCUT2D eigenvalue weighted by Crippen LogP contribution is -2.54. The third-order valence-electron chi connectivity index (χ3n) is 5.63. The van der Waals surface area contributed by atoms with Gasteiger partial charge in [-0.15, -0.1) is 0 Å². The zero-order chi connectivity index (χ0) is 21.6. The number of nitro benzene ring substituents is 1. The molecule has 1 aliphatic heterocycles. The first kappa shape index (κ1) is 20.8. The fraction of sp³-hybridized carbons (Fsp3) is 0.550. The summed E-state index contributed by atoms with van der Waals surface area (Å²) in [5, 5.41) is 16.4. The van der Waals surface area contributed by atoms with E-state index < -0.39 is 28.9 Å². The number of amides is 4. The molecule has 2 N–H and O–H groups in total. The van der Waals surface area contributed by atoms with Gasteiger partial charge < -0.3 is 10.6 Å². The zero-order valence-electron chi connectivity index (χ0n) is 17.1. The fourth-order valence-electron chi connectivity index (χ4n) is 4.84. The smallest absolute Gasteiger partial charge is 0.324 e. The zero-order valence-corrected chi connectivity index (χ0v) is 17.1. The van der Waals surface area contributed by atoms with Gasteiger partial charge in [-0.3, -0.25) is 24.6 Å². The molecule has 9 nitrogen and oxygen atoms in total. The Hall–Kier alpha value is -2.97. The summed E-state index contributed by atoms with van der Waals surface area (Å²) < 4.78 is 0. The van der Waals surface area contributed by atoms with Crippen LogP contribution in [0, 0.1) is 28.4 Å². The van der Waals surface area contributed by atoms with Crippen LogP contribution in [0.4, 0.5) is 16.2 Å². The number of carbonyl (C=O) groups excluding carboxylic acids is 3. The van der Waals surface area contributed by atoms with Crippen molar-refractivity contribution < 1.29 is 19.3 Å². The second-order valence-electron chi connectivity index (χ2n) is 9.06. The number of nitrogens with one attached hydrogen (secondary N) is 2. The van der Waals surface area contributed by atoms with E-state index in [9.17, 15) is 24.5 Å². The lowest BCUT2D eigenvalue weighted by Gasteiger charge is -2.43. The number of benzene rings is 1. The molecule has 29 heavy (non-hydrogen) atoms. The number of nitro groups is 1. The molecule has 1 aromatic carbocycles. The van der Waals surface area contributed by atoms with E-state index in [1.165, 1.54) is 18.2 Å². The Morgan fingerprint density at radius 2 is 2.03 bits per heavy atom. The highest BCUT2D eigenvalue weighted by molar-refractivity contribution is 6.10. The maximum absolute atomic E-state index is 13.1. The van der Waals surface area contributed by atoms with Crippen molar-refractivity contribution in [2.45, 2.75) is 52.5 Å². The Labute approximate surface area is 169 Å². The summed E-state index contributed by atoms with van der Waals surface area (Å²) in [7, 11) is 0. The molecule has 1 saturated carbocycles. The number of hydrogen-bond donors (Lipinski definition) is 2. The number of anilines is 1. The van der Waals surface area contributed by atoms with E-state index in [1.807, 2.05) is 0 Å². The molecule has 0 aromatic heterocycles. The second kappa shape index (κ2) is 7.13. The van der Waals surface area contributed by atoms with Crippen molar-refractivity contribution in [1.82, 2.24) is 10.2 Å². The Morgan fingerprint density at radius 3 is 2.66 bits per heavy atom. The Balaban J connectivity index is 1.75. The summed E-state index contributed by atoms with van der Waals surface area (Å²) in [4.78, 5) is 49.4. The van der Waals surface area contributed by atoms with Crippen molar-refractivity contribution in [1.29, 1.82) is 0 Å². The predicted octanol–water partition coefficient (Wildman–Crippen LogP) is 2.98. The summed E-state index contributed by atoms with van der Waals surface area (Å²) in [6.07, 6.45) is 2.03. The van der Waals surface area contributed by atoms with Gasteiger partial charge in [0.1, 0.15) is 12.1 Å². The molecule has 2 unspecified atom stereocenters. The van der Waals surface area contributed by atoms with E-state index in [4.69, 9.17) is 0 Å². The molecule has 9 heteroatoms. The molecule has 2 aliphatic rings. The van der Waals surface area contributed by atoms with E-state index in [2.05, 4.69) is 31.4 Å². The van der Waals surface area contributed by atoms with Crippen LogP contribution in [0.1, 0.15) is 45.6 Å². The molecule has 1 heterocycles. The molecule has 1 aliphatic carbocycles. The first-order chi connectivity index (χ1) is 13.4.